The third-order valence-corrected chi connectivity index (χ3v) is 3.64. The molecule has 0 fully saturated rings. The van der Waals surface area contributed by atoms with E-state index in [4.69, 9.17) is 0 Å². The fourth-order valence-corrected chi connectivity index (χ4v) is 2.54. The molecule has 0 unspecified atom stereocenters. The SMILES string of the molecule is COC(=O)c1ccc2cc([C@H](C)O)sc2c1. The molecule has 4 heteroatoms. The number of benzene rings is 1. The van der Waals surface area contributed by atoms with Crippen molar-refractivity contribution in [3.63, 3.8) is 0 Å². The number of carbonyl (C=O) groups excluding carboxylic acids is 1. The Morgan fingerprint density at radius 1 is 1.44 bits per heavy atom. The Morgan fingerprint density at radius 3 is 2.81 bits per heavy atom. The van der Waals surface area contributed by atoms with E-state index >= 15 is 0 Å². The number of carbonyl (C=O) groups is 1. The van der Waals surface area contributed by atoms with Crippen molar-refractivity contribution in [3.8, 4) is 0 Å². The Morgan fingerprint density at radius 2 is 2.19 bits per heavy atom. The highest BCUT2D eigenvalue weighted by Gasteiger charge is 2.10. The van der Waals surface area contributed by atoms with Gasteiger partial charge in [-0.3, -0.25) is 0 Å². The molecule has 1 atom stereocenters. The molecule has 0 spiro atoms. The van der Waals surface area contributed by atoms with Gasteiger partial charge in [-0.1, -0.05) is 6.07 Å². The molecular formula is C12H12O3S. The van der Waals surface area contributed by atoms with Crippen molar-refractivity contribution >= 4 is 27.4 Å². The number of ether oxygens (including phenoxy) is 1. The first-order valence-corrected chi connectivity index (χ1v) is 5.73. The zero-order valence-corrected chi connectivity index (χ0v) is 9.88. The van der Waals surface area contributed by atoms with Crippen LogP contribution >= 0.6 is 11.3 Å². The Bertz CT molecular complexity index is 528. The highest BCUT2D eigenvalue weighted by Crippen LogP contribution is 2.30. The Balaban J connectivity index is 2.49. The summed E-state index contributed by atoms with van der Waals surface area (Å²) >= 11 is 1.49. The second kappa shape index (κ2) is 4.23. The molecule has 1 heterocycles. The molecule has 16 heavy (non-hydrogen) atoms. The molecule has 2 rings (SSSR count). The van der Waals surface area contributed by atoms with Crippen LogP contribution in [0.25, 0.3) is 10.1 Å². The summed E-state index contributed by atoms with van der Waals surface area (Å²) in [6.45, 7) is 1.73. The molecular weight excluding hydrogens is 224 g/mol. The Hall–Kier alpha value is -1.39. The summed E-state index contributed by atoms with van der Waals surface area (Å²) in [7, 11) is 1.36. The number of rotatable bonds is 2. The van der Waals surface area contributed by atoms with Crippen LogP contribution in [0.15, 0.2) is 24.3 Å². The lowest BCUT2D eigenvalue weighted by atomic mass is 10.1. The topological polar surface area (TPSA) is 46.5 Å². The normalized spacial score (nSPS) is 12.7. The van der Waals surface area contributed by atoms with Gasteiger partial charge >= 0.3 is 5.97 Å². The monoisotopic (exact) mass is 236 g/mol. The molecule has 0 amide bonds. The fourth-order valence-electron chi connectivity index (χ4n) is 1.50. The zero-order chi connectivity index (χ0) is 11.7. The van der Waals surface area contributed by atoms with Gasteiger partial charge in [-0.25, -0.2) is 4.79 Å². The molecule has 1 aromatic heterocycles. The number of hydrogen-bond acceptors (Lipinski definition) is 4. The van der Waals surface area contributed by atoms with Crippen molar-refractivity contribution in [1.82, 2.24) is 0 Å². The van der Waals surface area contributed by atoms with Crippen LogP contribution in [0.4, 0.5) is 0 Å². The summed E-state index contributed by atoms with van der Waals surface area (Å²) in [5.41, 5.74) is 0.536. The zero-order valence-electron chi connectivity index (χ0n) is 9.06. The van der Waals surface area contributed by atoms with E-state index < -0.39 is 6.10 Å². The molecule has 0 aliphatic rings. The predicted molar refractivity (Wildman–Crippen MR) is 63.8 cm³/mol. The van der Waals surface area contributed by atoms with E-state index in [0.29, 0.717) is 5.56 Å². The van der Waals surface area contributed by atoms with Gasteiger partial charge in [-0.15, -0.1) is 11.3 Å². The van der Waals surface area contributed by atoms with E-state index in [2.05, 4.69) is 4.74 Å². The van der Waals surface area contributed by atoms with Crippen LogP contribution in [0.2, 0.25) is 0 Å². The number of aliphatic hydroxyl groups excluding tert-OH is 1. The molecule has 1 aromatic carbocycles. The Kier molecular flexibility index (Phi) is 2.94. The van der Waals surface area contributed by atoms with Crippen LogP contribution in [-0.2, 0) is 4.74 Å². The van der Waals surface area contributed by atoms with Crippen LogP contribution in [0, 0.1) is 0 Å². The van der Waals surface area contributed by atoms with E-state index in [9.17, 15) is 9.90 Å². The standard InChI is InChI=1S/C12H12O3S/c1-7(13)10-5-8-3-4-9(12(14)15-2)6-11(8)16-10/h3-7,13H,1-2H3/t7-/m0/s1. The molecule has 0 radical (unpaired) electrons. The van der Waals surface area contributed by atoms with Crippen molar-refractivity contribution in [2.24, 2.45) is 0 Å². The molecule has 0 aliphatic heterocycles. The van der Waals surface area contributed by atoms with Gasteiger partial charge in [0.15, 0.2) is 0 Å². The number of fused-ring (bicyclic) bond motifs is 1. The van der Waals surface area contributed by atoms with E-state index in [1.165, 1.54) is 18.4 Å². The molecule has 1 N–H and O–H groups in total. The number of hydrogen-bond donors (Lipinski definition) is 1. The first-order valence-electron chi connectivity index (χ1n) is 4.91. The minimum absolute atomic E-state index is 0.339. The van der Waals surface area contributed by atoms with Crippen molar-refractivity contribution in [2.75, 3.05) is 7.11 Å². The van der Waals surface area contributed by atoms with Crippen LogP contribution < -0.4 is 0 Å². The van der Waals surface area contributed by atoms with Crippen LogP contribution in [0.3, 0.4) is 0 Å². The van der Waals surface area contributed by atoms with Crippen molar-refractivity contribution in [3.05, 3.63) is 34.7 Å². The fraction of sp³-hybridized carbons (Fsp3) is 0.250. The van der Waals surface area contributed by atoms with Gasteiger partial charge in [-0.05, 0) is 30.5 Å². The smallest absolute Gasteiger partial charge is 0.337 e. The molecule has 0 aliphatic carbocycles. The van der Waals surface area contributed by atoms with Gasteiger partial charge in [0.25, 0.3) is 0 Å². The van der Waals surface area contributed by atoms with Crippen molar-refractivity contribution < 1.29 is 14.6 Å². The molecule has 0 saturated carbocycles. The maximum absolute atomic E-state index is 11.3. The molecule has 0 bridgehead atoms. The van der Waals surface area contributed by atoms with Crippen LogP contribution in [0.1, 0.15) is 28.3 Å². The number of esters is 1. The lowest BCUT2D eigenvalue weighted by molar-refractivity contribution is 0.0601. The Labute approximate surface area is 97.3 Å². The van der Waals surface area contributed by atoms with E-state index in [1.807, 2.05) is 12.1 Å². The quantitative estimate of drug-likeness (QED) is 0.815. The lowest BCUT2D eigenvalue weighted by Crippen LogP contribution is -1.99. The summed E-state index contributed by atoms with van der Waals surface area (Å²) in [6, 6.07) is 7.32. The summed E-state index contributed by atoms with van der Waals surface area (Å²) in [5.74, 6) is -0.339. The average Bonchev–Trinajstić information content (AvgIpc) is 2.70. The second-order valence-corrected chi connectivity index (χ2v) is 4.68. The van der Waals surface area contributed by atoms with Gasteiger partial charge in [-0.2, -0.15) is 0 Å². The first kappa shape index (κ1) is 11.1. The van der Waals surface area contributed by atoms with Gasteiger partial charge in [0, 0.05) is 9.58 Å². The second-order valence-electron chi connectivity index (χ2n) is 3.57. The van der Waals surface area contributed by atoms with Gasteiger partial charge in [0.1, 0.15) is 0 Å². The molecule has 2 aromatic rings. The third-order valence-electron chi connectivity index (χ3n) is 2.37. The van der Waals surface area contributed by atoms with Crippen LogP contribution in [0.5, 0.6) is 0 Å². The maximum atomic E-state index is 11.3. The number of thiophene rings is 1. The molecule has 3 nitrogen and oxygen atoms in total. The minimum atomic E-state index is -0.473. The summed E-state index contributed by atoms with van der Waals surface area (Å²) < 4.78 is 5.64. The summed E-state index contributed by atoms with van der Waals surface area (Å²) in [4.78, 5) is 12.2. The minimum Gasteiger partial charge on any atom is -0.465 e. The van der Waals surface area contributed by atoms with Gasteiger partial charge in [0.05, 0.1) is 18.8 Å². The number of aliphatic hydroxyl groups is 1. The number of methoxy groups -OCH3 is 1. The highest BCUT2D eigenvalue weighted by molar-refractivity contribution is 7.19. The van der Waals surface area contributed by atoms with E-state index in [-0.39, 0.29) is 5.97 Å². The lowest BCUT2D eigenvalue weighted by Gasteiger charge is -1.98. The summed E-state index contributed by atoms with van der Waals surface area (Å²) in [5, 5.41) is 10.5. The van der Waals surface area contributed by atoms with Crippen LogP contribution in [-0.4, -0.2) is 18.2 Å². The van der Waals surface area contributed by atoms with Gasteiger partial charge in [0.2, 0.25) is 0 Å². The molecule has 0 saturated heterocycles. The third kappa shape index (κ3) is 1.94. The largest absolute Gasteiger partial charge is 0.465 e. The maximum Gasteiger partial charge on any atom is 0.337 e. The summed E-state index contributed by atoms with van der Waals surface area (Å²) in [6.07, 6.45) is -0.473. The van der Waals surface area contributed by atoms with E-state index in [0.717, 1.165) is 15.0 Å². The van der Waals surface area contributed by atoms with Crippen molar-refractivity contribution in [1.29, 1.82) is 0 Å². The predicted octanol–water partition coefficient (Wildman–Crippen LogP) is 2.74. The van der Waals surface area contributed by atoms with Gasteiger partial charge < -0.3 is 9.84 Å². The van der Waals surface area contributed by atoms with E-state index in [1.54, 1.807) is 19.1 Å². The van der Waals surface area contributed by atoms with Crippen molar-refractivity contribution in [2.45, 2.75) is 13.0 Å². The first-order chi connectivity index (χ1) is 7.61. The molecule has 84 valence electrons. The highest BCUT2D eigenvalue weighted by atomic mass is 32.1. The average molecular weight is 236 g/mol.